The van der Waals surface area contributed by atoms with Gasteiger partial charge in [0.05, 0.1) is 5.75 Å². The summed E-state index contributed by atoms with van der Waals surface area (Å²) in [4.78, 5) is 15.0. The van der Waals surface area contributed by atoms with Crippen molar-refractivity contribution in [2.45, 2.75) is 38.4 Å². The lowest BCUT2D eigenvalue weighted by atomic mass is 9.97. The molecule has 0 aromatic heterocycles. The summed E-state index contributed by atoms with van der Waals surface area (Å²) in [6, 6.07) is 9.26. The van der Waals surface area contributed by atoms with Crippen molar-refractivity contribution in [1.29, 1.82) is 0 Å². The first kappa shape index (κ1) is 21.3. The molecule has 1 atom stereocenters. The molecule has 6 nitrogen and oxygen atoms in total. The molecule has 7 heteroatoms. The van der Waals surface area contributed by atoms with E-state index in [-0.39, 0.29) is 17.6 Å². The molecule has 1 aromatic rings. The van der Waals surface area contributed by atoms with E-state index in [9.17, 15) is 13.2 Å². The number of nitrogens with one attached hydrogen (secondary N) is 1. The second-order valence-electron chi connectivity index (χ2n) is 8.27. The maximum Gasteiger partial charge on any atom is 0.223 e. The molecule has 0 bridgehead atoms. The van der Waals surface area contributed by atoms with Crippen molar-refractivity contribution in [2.75, 3.05) is 39.3 Å². The van der Waals surface area contributed by atoms with Gasteiger partial charge in [0.1, 0.15) is 0 Å². The predicted molar refractivity (Wildman–Crippen MR) is 111 cm³/mol. The number of likely N-dealkylation sites (tertiary alicyclic amines) is 1. The number of sulfonamides is 1. The molecular weight excluding hydrogens is 374 g/mol. The molecule has 2 fully saturated rings. The maximum absolute atomic E-state index is 12.6. The van der Waals surface area contributed by atoms with Gasteiger partial charge in [0, 0.05) is 32.1 Å². The fourth-order valence-electron chi connectivity index (χ4n) is 4.16. The third kappa shape index (κ3) is 6.03. The highest BCUT2D eigenvalue weighted by Crippen LogP contribution is 2.22. The van der Waals surface area contributed by atoms with E-state index in [0.29, 0.717) is 38.4 Å². The van der Waals surface area contributed by atoms with Gasteiger partial charge >= 0.3 is 0 Å². The number of carbonyl (C=O) groups excluding carboxylic acids is 1. The molecular formula is C21H33N3O3S. The van der Waals surface area contributed by atoms with E-state index in [0.717, 1.165) is 12.1 Å². The molecule has 3 rings (SSSR count). The molecule has 0 radical (unpaired) electrons. The van der Waals surface area contributed by atoms with Gasteiger partial charge in [-0.15, -0.1) is 0 Å². The Labute approximate surface area is 169 Å². The van der Waals surface area contributed by atoms with Gasteiger partial charge in [0.25, 0.3) is 0 Å². The molecule has 2 aliphatic heterocycles. The highest BCUT2D eigenvalue weighted by molar-refractivity contribution is 7.88. The number of nitrogens with zero attached hydrogens (tertiary/aromatic N) is 2. The molecule has 0 saturated carbocycles. The molecule has 1 N–H and O–H groups in total. The topological polar surface area (TPSA) is 69.7 Å². The van der Waals surface area contributed by atoms with Gasteiger partial charge in [0.2, 0.25) is 15.9 Å². The number of hydrogen-bond donors (Lipinski definition) is 1. The third-order valence-corrected chi connectivity index (χ3v) is 7.65. The van der Waals surface area contributed by atoms with Crippen molar-refractivity contribution in [2.24, 2.45) is 11.8 Å². The molecule has 0 unspecified atom stereocenters. The van der Waals surface area contributed by atoms with Gasteiger partial charge < -0.3 is 10.2 Å². The van der Waals surface area contributed by atoms with Crippen LogP contribution in [0.4, 0.5) is 0 Å². The fourth-order valence-corrected chi connectivity index (χ4v) is 5.73. The second-order valence-corrected chi connectivity index (χ2v) is 10.2. The van der Waals surface area contributed by atoms with Crippen LogP contribution in [0.1, 0.15) is 38.2 Å². The number of benzene rings is 1. The molecule has 0 spiro atoms. The Balaban J connectivity index is 1.40. The van der Waals surface area contributed by atoms with Crippen LogP contribution in [-0.2, 0) is 20.6 Å². The first-order valence-corrected chi connectivity index (χ1v) is 12.1. The van der Waals surface area contributed by atoms with E-state index in [1.807, 2.05) is 30.3 Å². The lowest BCUT2D eigenvalue weighted by molar-refractivity contribution is -0.126. The van der Waals surface area contributed by atoms with E-state index >= 15 is 0 Å². The first-order chi connectivity index (χ1) is 13.4. The van der Waals surface area contributed by atoms with Crippen molar-refractivity contribution in [1.82, 2.24) is 14.5 Å². The summed E-state index contributed by atoms with van der Waals surface area (Å²) in [7, 11) is -3.33. The van der Waals surface area contributed by atoms with E-state index in [2.05, 4.69) is 17.1 Å². The van der Waals surface area contributed by atoms with Crippen LogP contribution < -0.4 is 5.32 Å². The van der Waals surface area contributed by atoms with Crippen molar-refractivity contribution in [3.63, 3.8) is 0 Å². The van der Waals surface area contributed by atoms with Crippen LogP contribution in [0.15, 0.2) is 30.3 Å². The highest BCUT2D eigenvalue weighted by Gasteiger charge is 2.31. The van der Waals surface area contributed by atoms with Gasteiger partial charge in [-0.25, -0.2) is 12.7 Å². The molecule has 28 heavy (non-hydrogen) atoms. The van der Waals surface area contributed by atoms with Crippen molar-refractivity contribution < 1.29 is 13.2 Å². The summed E-state index contributed by atoms with van der Waals surface area (Å²) in [5.41, 5.74) is 0.800. The molecule has 2 aliphatic rings. The number of rotatable bonds is 8. The minimum Gasteiger partial charge on any atom is -0.356 e. The minimum atomic E-state index is -3.33. The van der Waals surface area contributed by atoms with Crippen molar-refractivity contribution in [3.05, 3.63) is 35.9 Å². The molecule has 156 valence electrons. The molecule has 1 amide bonds. The lowest BCUT2D eigenvalue weighted by Crippen LogP contribution is -2.44. The Morgan fingerprint density at radius 1 is 1.11 bits per heavy atom. The highest BCUT2D eigenvalue weighted by atomic mass is 32.2. The summed E-state index contributed by atoms with van der Waals surface area (Å²) in [6.07, 6.45) is 3.76. The van der Waals surface area contributed by atoms with E-state index in [1.54, 1.807) is 4.31 Å². The fraction of sp³-hybridized carbons (Fsp3) is 0.667. The number of carbonyl (C=O) groups is 1. The predicted octanol–water partition coefficient (Wildman–Crippen LogP) is 2.08. The van der Waals surface area contributed by atoms with Crippen molar-refractivity contribution >= 4 is 15.9 Å². The summed E-state index contributed by atoms with van der Waals surface area (Å²) >= 11 is 0. The monoisotopic (exact) mass is 407 g/mol. The van der Waals surface area contributed by atoms with Gasteiger partial charge in [-0.3, -0.25) is 4.79 Å². The quantitative estimate of drug-likeness (QED) is 0.716. The van der Waals surface area contributed by atoms with Gasteiger partial charge in [-0.05, 0) is 50.3 Å². The Kier molecular flexibility index (Phi) is 7.48. The van der Waals surface area contributed by atoms with E-state index in [1.165, 1.54) is 25.9 Å². The van der Waals surface area contributed by atoms with Gasteiger partial charge in [0.15, 0.2) is 0 Å². The van der Waals surface area contributed by atoms with Crippen LogP contribution in [0.3, 0.4) is 0 Å². The standard InChI is InChI=1S/C21H33N3O3S/c1-18(16-23-11-5-6-12-23)15-22-21(25)20-9-13-24(14-10-20)28(26,27)17-19-7-3-2-4-8-19/h2-4,7-8,18,20H,5-6,9-17H2,1H3,(H,22,25)/t18-/m0/s1. The Bertz CT molecular complexity index is 725. The van der Waals surface area contributed by atoms with E-state index < -0.39 is 10.0 Å². The average Bonchev–Trinajstić information content (AvgIpc) is 3.19. The third-order valence-electron chi connectivity index (χ3n) is 5.80. The Morgan fingerprint density at radius 2 is 1.75 bits per heavy atom. The first-order valence-electron chi connectivity index (χ1n) is 10.5. The molecule has 0 aliphatic carbocycles. The van der Waals surface area contributed by atoms with Crippen LogP contribution in [0, 0.1) is 11.8 Å². The molecule has 2 heterocycles. The summed E-state index contributed by atoms with van der Waals surface area (Å²) in [5, 5.41) is 3.09. The minimum absolute atomic E-state index is 0.0265. The normalized spacial score (nSPS) is 20.9. The summed E-state index contributed by atoms with van der Waals surface area (Å²) in [6.45, 7) is 7.12. The van der Waals surface area contributed by atoms with Crippen LogP contribution in [0.2, 0.25) is 0 Å². The molecule has 2 saturated heterocycles. The number of piperidine rings is 1. The van der Waals surface area contributed by atoms with Crippen molar-refractivity contribution in [3.8, 4) is 0 Å². The SMILES string of the molecule is C[C@@H](CNC(=O)C1CCN(S(=O)(=O)Cc2ccccc2)CC1)CN1CCCC1. The smallest absolute Gasteiger partial charge is 0.223 e. The second kappa shape index (κ2) is 9.85. The van der Waals surface area contributed by atoms with Crippen LogP contribution in [0.25, 0.3) is 0 Å². The number of hydrogen-bond acceptors (Lipinski definition) is 4. The zero-order valence-electron chi connectivity index (χ0n) is 16.8. The summed E-state index contributed by atoms with van der Waals surface area (Å²) in [5.74, 6) is 0.461. The Hall–Kier alpha value is -1.44. The lowest BCUT2D eigenvalue weighted by Gasteiger charge is -2.31. The van der Waals surface area contributed by atoms with Crippen LogP contribution in [-0.4, -0.2) is 62.8 Å². The summed E-state index contributed by atoms with van der Waals surface area (Å²) < 4.78 is 26.8. The number of amides is 1. The molecule has 1 aromatic carbocycles. The average molecular weight is 408 g/mol. The zero-order valence-corrected chi connectivity index (χ0v) is 17.7. The zero-order chi connectivity index (χ0) is 20.0. The van der Waals surface area contributed by atoms with Crippen LogP contribution in [0.5, 0.6) is 0 Å². The Morgan fingerprint density at radius 3 is 2.39 bits per heavy atom. The maximum atomic E-state index is 12.6. The largest absolute Gasteiger partial charge is 0.356 e. The van der Waals surface area contributed by atoms with E-state index in [4.69, 9.17) is 0 Å². The van der Waals surface area contributed by atoms with Gasteiger partial charge in [-0.1, -0.05) is 37.3 Å². The van der Waals surface area contributed by atoms with Crippen LogP contribution >= 0.6 is 0 Å². The van der Waals surface area contributed by atoms with Gasteiger partial charge in [-0.2, -0.15) is 0 Å².